The van der Waals surface area contributed by atoms with Crippen LogP contribution < -0.4 is 0 Å². The Hall–Kier alpha value is -0.740. The van der Waals surface area contributed by atoms with Gasteiger partial charge in [0.2, 0.25) is 11.6 Å². The molecule has 2 N–H and O–H groups in total. The molecule has 10 heavy (non-hydrogen) atoms. The minimum absolute atomic E-state index is 0.949. The van der Waals surface area contributed by atoms with Crippen molar-refractivity contribution in [3.63, 3.8) is 0 Å². The Morgan fingerprint density at radius 2 is 1.20 bits per heavy atom. The van der Waals surface area contributed by atoms with Crippen LogP contribution in [0.25, 0.3) is 0 Å². The number of rotatable bonds is 3. The van der Waals surface area contributed by atoms with Crippen molar-refractivity contribution in [3.8, 4) is 0 Å². The third-order valence-corrected chi connectivity index (χ3v) is 1.00. The Balaban J connectivity index is 4.10. The van der Waals surface area contributed by atoms with Crippen LogP contribution >= 0.6 is 0 Å². The van der Waals surface area contributed by atoms with Crippen LogP contribution in [0.15, 0.2) is 0 Å². The summed E-state index contributed by atoms with van der Waals surface area (Å²) >= 11 is 0. The fourth-order valence-corrected chi connectivity index (χ4v) is 0.412. The summed E-state index contributed by atoms with van der Waals surface area (Å²) in [5.74, 6) is -1.90. The molecule has 0 aromatic heterocycles. The van der Waals surface area contributed by atoms with Crippen LogP contribution in [0.4, 0.5) is 0 Å². The number of aliphatic hydroxyl groups excluding tert-OH is 2. The highest BCUT2D eigenvalue weighted by Crippen LogP contribution is 1.90. The Morgan fingerprint density at radius 1 is 1.00 bits per heavy atom. The van der Waals surface area contributed by atoms with Crippen LogP contribution in [0, 0.1) is 0 Å². The number of hydrogen-bond donors (Lipinski definition) is 2. The van der Waals surface area contributed by atoms with Gasteiger partial charge in [-0.15, -0.1) is 0 Å². The van der Waals surface area contributed by atoms with E-state index in [0.717, 1.165) is 0 Å². The van der Waals surface area contributed by atoms with Crippen molar-refractivity contribution >= 4 is 11.6 Å². The van der Waals surface area contributed by atoms with Crippen molar-refractivity contribution in [2.45, 2.75) is 26.1 Å². The second-order valence-corrected chi connectivity index (χ2v) is 2.08. The minimum Gasteiger partial charge on any atom is -0.385 e. The van der Waals surface area contributed by atoms with E-state index in [-0.39, 0.29) is 0 Å². The van der Waals surface area contributed by atoms with Crippen LogP contribution in [0.1, 0.15) is 13.8 Å². The average Bonchev–Trinajstić information content (AvgIpc) is 1.84. The Labute approximate surface area is 58.5 Å². The standard InChI is InChI=1S/C6H10O4/c1-3(7)5(9)6(10)4(2)8/h3-4,7-8H,1-2H3/t3-,4?/m1/s1. The van der Waals surface area contributed by atoms with E-state index in [1.54, 1.807) is 0 Å². The van der Waals surface area contributed by atoms with Crippen LogP contribution in [-0.4, -0.2) is 34.0 Å². The summed E-state index contributed by atoms with van der Waals surface area (Å²) < 4.78 is 0. The fraction of sp³-hybridized carbons (Fsp3) is 0.667. The molecular formula is C6H10O4. The fourth-order valence-electron chi connectivity index (χ4n) is 0.412. The van der Waals surface area contributed by atoms with Gasteiger partial charge in [0.1, 0.15) is 12.2 Å². The Bertz CT molecular complexity index is 130. The predicted octanol–water partition coefficient (Wildman–Crippen LogP) is -1.11. The van der Waals surface area contributed by atoms with E-state index in [4.69, 9.17) is 10.2 Å². The molecule has 0 rings (SSSR count). The van der Waals surface area contributed by atoms with Gasteiger partial charge in [-0.3, -0.25) is 9.59 Å². The van der Waals surface area contributed by atoms with Crippen molar-refractivity contribution in [2.24, 2.45) is 0 Å². The summed E-state index contributed by atoms with van der Waals surface area (Å²) in [5, 5.41) is 17.1. The van der Waals surface area contributed by atoms with E-state index in [1.807, 2.05) is 0 Å². The van der Waals surface area contributed by atoms with Gasteiger partial charge in [-0.25, -0.2) is 0 Å². The quantitative estimate of drug-likeness (QED) is 0.495. The molecule has 0 radical (unpaired) electrons. The highest BCUT2D eigenvalue weighted by molar-refractivity contribution is 6.40. The lowest BCUT2D eigenvalue weighted by Crippen LogP contribution is -2.32. The summed E-state index contributed by atoms with van der Waals surface area (Å²) in [6.45, 7) is 2.37. The first-order valence-electron chi connectivity index (χ1n) is 2.91. The van der Waals surface area contributed by atoms with E-state index in [2.05, 4.69) is 0 Å². The summed E-state index contributed by atoms with van der Waals surface area (Å²) in [7, 11) is 0. The molecule has 1 unspecified atom stereocenters. The second-order valence-electron chi connectivity index (χ2n) is 2.08. The molecule has 4 heteroatoms. The number of aliphatic hydroxyl groups is 2. The molecule has 0 heterocycles. The number of ketones is 2. The van der Waals surface area contributed by atoms with Gasteiger partial charge in [0, 0.05) is 0 Å². The van der Waals surface area contributed by atoms with Gasteiger partial charge in [0.15, 0.2) is 0 Å². The van der Waals surface area contributed by atoms with E-state index >= 15 is 0 Å². The van der Waals surface area contributed by atoms with E-state index in [0.29, 0.717) is 0 Å². The maximum absolute atomic E-state index is 10.5. The lowest BCUT2D eigenvalue weighted by Gasteiger charge is -2.03. The highest BCUT2D eigenvalue weighted by Gasteiger charge is 2.22. The normalized spacial score (nSPS) is 16.0. The largest absolute Gasteiger partial charge is 0.385 e. The molecule has 0 aliphatic rings. The molecule has 0 aromatic carbocycles. The van der Waals surface area contributed by atoms with E-state index in [1.165, 1.54) is 13.8 Å². The van der Waals surface area contributed by atoms with Gasteiger partial charge < -0.3 is 10.2 Å². The van der Waals surface area contributed by atoms with Crippen molar-refractivity contribution in [1.82, 2.24) is 0 Å². The van der Waals surface area contributed by atoms with Crippen LogP contribution in [0.5, 0.6) is 0 Å². The third kappa shape index (κ3) is 2.24. The first-order valence-corrected chi connectivity index (χ1v) is 2.91. The molecule has 0 bridgehead atoms. The van der Waals surface area contributed by atoms with Crippen molar-refractivity contribution < 1.29 is 19.8 Å². The lowest BCUT2D eigenvalue weighted by molar-refractivity contribution is -0.145. The summed E-state index contributed by atoms with van der Waals surface area (Å²) in [6, 6.07) is 0. The zero-order valence-corrected chi connectivity index (χ0v) is 5.87. The summed E-state index contributed by atoms with van der Waals surface area (Å²) in [6.07, 6.45) is -2.64. The lowest BCUT2D eigenvalue weighted by atomic mass is 10.1. The van der Waals surface area contributed by atoms with Crippen molar-refractivity contribution in [1.29, 1.82) is 0 Å². The van der Waals surface area contributed by atoms with Crippen LogP contribution in [0.3, 0.4) is 0 Å². The smallest absolute Gasteiger partial charge is 0.229 e. The molecular weight excluding hydrogens is 136 g/mol. The van der Waals surface area contributed by atoms with Crippen molar-refractivity contribution in [3.05, 3.63) is 0 Å². The number of Topliss-reactive ketones (excluding diaryl/α,β-unsaturated/α-hetero) is 2. The number of hydrogen-bond acceptors (Lipinski definition) is 4. The van der Waals surface area contributed by atoms with Gasteiger partial charge in [-0.2, -0.15) is 0 Å². The monoisotopic (exact) mass is 146 g/mol. The Morgan fingerprint density at radius 3 is 1.30 bits per heavy atom. The van der Waals surface area contributed by atoms with Gasteiger partial charge in [-0.1, -0.05) is 0 Å². The SMILES string of the molecule is CC(O)C(=O)C(=O)[C@@H](C)O. The van der Waals surface area contributed by atoms with Gasteiger partial charge in [0.25, 0.3) is 0 Å². The average molecular weight is 146 g/mol. The molecule has 0 saturated carbocycles. The van der Waals surface area contributed by atoms with Gasteiger partial charge in [-0.05, 0) is 13.8 Å². The van der Waals surface area contributed by atoms with E-state index < -0.39 is 23.8 Å². The second kappa shape index (κ2) is 3.43. The molecule has 4 nitrogen and oxygen atoms in total. The molecule has 0 aliphatic heterocycles. The topological polar surface area (TPSA) is 74.6 Å². The molecule has 58 valence electrons. The molecule has 0 aliphatic carbocycles. The predicted molar refractivity (Wildman–Crippen MR) is 33.4 cm³/mol. The molecule has 0 spiro atoms. The summed E-state index contributed by atoms with van der Waals surface area (Å²) in [5.41, 5.74) is 0. The van der Waals surface area contributed by atoms with Gasteiger partial charge in [0.05, 0.1) is 0 Å². The Kier molecular flexibility index (Phi) is 3.18. The van der Waals surface area contributed by atoms with Crippen LogP contribution in [-0.2, 0) is 9.59 Å². The number of carbonyl (C=O) groups is 2. The minimum atomic E-state index is -1.32. The first kappa shape index (κ1) is 9.26. The maximum Gasteiger partial charge on any atom is 0.229 e. The van der Waals surface area contributed by atoms with Crippen molar-refractivity contribution in [2.75, 3.05) is 0 Å². The van der Waals surface area contributed by atoms with Crippen LogP contribution in [0.2, 0.25) is 0 Å². The van der Waals surface area contributed by atoms with E-state index in [9.17, 15) is 9.59 Å². The summed E-state index contributed by atoms with van der Waals surface area (Å²) in [4.78, 5) is 21.0. The molecule has 0 saturated heterocycles. The first-order chi connectivity index (χ1) is 4.46. The molecule has 0 aromatic rings. The highest BCUT2D eigenvalue weighted by atomic mass is 16.3. The molecule has 0 amide bonds. The number of carbonyl (C=O) groups excluding carboxylic acids is 2. The maximum atomic E-state index is 10.5. The van der Waals surface area contributed by atoms with Gasteiger partial charge >= 0.3 is 0 Å². The third-order valence-electron chi connectivity index (χ3n) is 1.00. The zero-order chi connectivity index (χ0) is 8.31. The molecule has 2 atom stereocenters. The zero-order valence-electron chi connectivity index (χ0n) is 5.87. The molecule has 0 fully saturated rings.